The molecule has 2 aromatic rings. The van der Waals surface area contributed by atoms with Gasteiger partial charge in [-0.15, -0.1) is 0 Å². The van der Waals surface area contributed by atoms with Gasteiger partial charge in [-0.05, 0) is 35.1 Å². The monoisotopic (exact) mass is 252 g/mol. The number of nitrogens with two attached hydrogens (primary N) is 1. The highest BCUT2D eigenvalue weighted by Gasteiger charge is 2.22. The van der Waals surface area contributed by atoms with Crippen LogP contribution in [0.2, 0.25) is 0 Å². The number of fused-ring (bicyclic) bond motifs is 2. The molecule has 0 bridgehead atoms. The standard InChI is InChI=1S/C17H20N2/c18-11-12-19-17-15-7-3-1-5-13(15)9-10-14-6-2-4-8-16(14)17/h1-8,17,19H,9-12,18H2. The van der Waals surface area contributed by atoms with Crippen LogP contribution in [0.15, 0.2) is 48.5 Å². The van der Waals surface area contributed by atoms with Crippen molar-refractivity contribution in [3.05, 3.63) is 70.8 Å². The second-order valence-electron chi connectivity index (χ2n) is 5.07. The van der Waals surface area contributed by atoms with Gasteiger partial charge in [0.25, 0.3) is 0 Å². The van der Waals surface area contributed by atoms with E-state index >= 15 is 0 Å². The highest BCUT2D eigenvalue weighted by Crippen LogP contribution is 2.32. The number of aryl methyl sites for hydroxylation is 2. The Kier molecular flexibility index (Phi) is 3.62. The van der Waals surface area contributed by atoms with Crippen LogP contribution in [0.3, 0.4) is 0 Å². The average Bonchev–Trinajstić information content (AvgIpc) is 2.62. The van der Waals surface area contributed by atoms with Gasteiger partial charge in [-0.25, -0.2) is 0 Å². The van der Waals surface area contributed by atoms with Crippen LogP contribution >= 0.6 is 0 Å². The summed E-state index contributed by atoms with van der Waals surface area (Å²) < 4.78 is 0. The minimum atomic E-state index is 0.276. The van der Waals surface area contributed by atoms with Gasteiger partial charge in [0.15, 0.2) is 0 Å². The topological polar surface area (TPSA) is 38.0 Å². The fourth-order valence-corrected chi connectivity index (χ4v) is 2.97. The SMILES string of the molecule is NCCNC1c2ccccc2CCc2ccccc21. The van der Waals surface area contributed by atoms with Gasteiger partial charge in [0.2, 0.25) is 0 Å². The molecule has 0 aliphatic heterocycles. The first-order valence-corrected chi connectivity index (χ1v) is 6.99. The van der Waals surface area contributed by atoms with Crippen LogP contribution in [0.1, 0.15) is 28.3 Å². The minimum Gasteiger partial charge on any atom is -0.329 e. The first-order valence-electron chi connectivity index (χ1n) is 6.99. The van der Waals surface area contributed by atoms with E-state index in [4.69, 9.17) is 5.73 Å². The lowest BCUT2D eigenvalue weighted by atomic mass is 9.94. The molecule has 0 spiro atoms. The molecule has 0 saturated carbocycles. The van der Waals surface area contributed by atoms with Crippen LogP contribution in [-0.2, 0) is 12.8 Å². The molecule has 0 atom stereocenters. The number of rotatable bonds is 3. The Morgan fingerprint density at radius 3 is 1.95 bits per heavy atom. The highest BCUT2D eigenvalue weighted by atomic mass is 14.9. The summed E-state index contributed by atoms with van der Waals surface area (Å²) in [6, 6.07) is 17.8. The van der Waals surface area contributed by atoms with E-state index < -0.39 is 0 Å². The third-order valence-electron chi connectivity index (χ3n) is 3.89. The van der Waals surface area contributed by atoms with Crippen LogP contribution < -0.4 is 11.1 Å². The molecule has 1 aliphatic carbocycles. The Bertz CT molecular complexity index is 515. The van der Waals surface area contributed by atoms with E-state index in [1.54, 1.807) is 0 Å². The number of hydrogen-bond acceptors (Lipinski definition) is 2. The fourth-order valence-electron chi connectivity index (χ4n) is 2.97. The summed E-state index contributed by atoms with van der Waals surface area (Å²) >= 11 is 0. The Balaban J connectivity index is 2.08. The third kappa shape index (κ3) is 2.42. The summed E-state index contributed by atoms with van der Waals surface area (Å²) in [5.74, 6) is 0. The molecule has 0 fully saturated rings. The summed E-state index contributed by atoms with van der Waals surface area (Å²) in [5, 5.41) is 3.60. The molecule has 19 heavy (non-hydrogen) atoms. The van der Waals surface area contributed by atoms with Crippen molar-refractivity contribution in [1.29, 1.82) is 0 Å². The summed E-state index contributed by atoms with van der Waals surface area (Å²) in [6.07, 6.45) is 2.24. The first kappa shape index (κ1) is 12.4. The highest BCUT2D eigenvalue weighted by molar-refractivity contribution is 5.44. The molecule has 98 valence electrons. The minimum absolute atomic E-state index is 0.276. The average molecular weight is 252 g/mol. The lowest BCUT2D eigenvalue weighted by Crippen LogP contribution is -2.28. The molecule has 2 nitrogen and oxygen atoms in total. The Hall–Kier alpha value is -1.64. The van der Waals surface area contributed by atoms with Gasteiger partial charge in [-0.3, -0.25) is 0 Å². The maximum atomic E-state index is 5.66. The van der Waals surface area contributed by atoms with Gasteiger partial charge in [-0.1, -0.05) is 48.5 Å². The number of hydrogen-bond donors (Lipinski definition) is 2. The second-order valence-corrected chi connectivity index (χ2v) is 5.07. The summed E-state index contributed by atoms with van der Waals surface area (Å²) in [4.78, 5) is 0. The Morgan fingerprint density at radius 1 is 0.895 bits per heavy atom. The van der Waals surface area contributed by atoms with Crippen molar-refractivity contribution < 1.29 is 0 Å². The second kappa shape index (κ2) is 5.55. The number of nitrogens with one attached hydrogen (secondary N) is 1. The molecule has 2 aromatic carbocycles. The molecule has 0 heterocycles. The predicted molar refractivity (Wildman–Crippen MR) is 79.2 cm³/mol. The predicted octanol–water partition coefficient (Wildman–Crippen LogP) is 2.42. The molecular weight excluding hydrogens is 232 g/mol. The molecule has 0 unspecified atom stereocenters. The largest absolute Gasteiger partial charge is 0.329 e. The van der Waals surface area contributed by atoms with Crippen molar-refractivity contribution in [3.8, 4) is 0 Å². The van der Waals surface area contributed by atoms with Gasteiger partial charge >= 0.3 is 0 Å². The Labute approximate surface area is 114 Å². The first-order chi connectivity index (χ1) is 9.40. The van der Waals surface area contributed by atoms with Gasteiger partial charge < -0.3 is 11.1 Å². The van der Waals surface area contributed by atoms with Crippen LogP contribution in [0.4, 0.5) is 0 Å². The van der Waals surface area contributed by atoms with E-state index in [1.807, 2.05) is 0 Å². The normalized spacial score (nSPS) is 14.6. The molecule has 1 aliphatic rings. The summed E-state index contributed by atoms with van der Waals surface area (Å²) in [7, 11) is 0. The van der Waals surface area contributed by atoms with Crippen LogP contribution in [0.5, 0.6) is 0 Å². The van der Waals surface area contributed by atoms with E-state index in [0.717, 1.165) is 19.4 Å². The zero-order valence-electron chi connectivity index (χ0n) is 11.1. The Morgan fingerprint density at radius 2 is 1.42 bits per heavy atom. The van der Waals surface area contributed by atoms with Crippen molar-refractivity contribution in [2.45, 2.75) is 18.9 Å². The van der Waals surface area contributed by atoms with Crippen molar-refractivity contribution in [3.63, 3.8) is 0 Å². The zero-order valence-corrected chi connectivity index (χ0v) is 11.1. The van der Waals surface area contributed by atoms with Crippen LogP contribution in [0.25, 0.3) is 0 Å². The van der Waals surface area contributed by atoms with Gasteiger partial charge in [0, 0.05) is 13.1 Å². The molecule has 0 radical (unpaired) electrons. The van der Waals surface area contributed by atoms with Crippen molar-refractivity contribution in [1.82, 2.24) is 5.32 Å². The van der Waals surface area contributed by atoms with Crippen LogP contribution in [-0.4, -0.2) is 13.1 Å². The van der Waals surface area contributed by atoms with Gasteiger partial charge in [0.1, 0.15) is 0 Å². The lowest BCUT2D eigenvalue weighted by Gasteiger charge is -2.21. The maximum absolute atomic E-state index is 5.66. The van der Waals surface area contributed by atoms with Crippen molar-refractivity contribution in [2.75, 3.05) is 13.1 Å². The molecule has 2 heteroatoms. The van der Waals surface area contributed by atoms with E-state index in [2.05, 4.69) is 53.8 Å². The van der Waals surface area contributed by atoms with Crippen molar-refractivity contribution >= 4 is 0 Å². The third-order valence-corrected chi connectivity index (χ3v) is 3.89. The van der Waals surface area contributed by atoms with E-state index in [9.17, 15) is 0 Å². The quantitative estimate of drug-likeness (QED) is 0.880. The van der Waals surface area contributed by atoms with Crippen molar-refractivity contribution in [2.24, 2.45) is 5.73 Å². The smallest absolute Gasteiger partial charge is 0.0582 e. The van der Waals surface area contributed by atoms with Gasteiger partial charge in [-0.2, -0.15) is 0 Å². The fraction of sp³-hybridized carbons (Fsp3) is 0.294. The molecular formula is C17H20N2. The van der Waals surface area contributed by atoms with E-state index in [0.29, 0.717) is 6.54 Å². The maximum Gasteiger partial charge on any atom is 0.0582 e. The molecule has 0 saturated heterocycles. The van der Waals surface area contributed by atoms with E-state index in [-0.39, 0.29) is 6.04 Å². The number of benzene rings is 2. The molecule has 3 N–H and O–H groups in total. The van der Waals surface area contributed by atoms with E-state index in [1.165, 1.54) is 22.3 Å². The molecule has 3 rings (SSSR count). The molecule has 0 amide bonds. The molecule has 0 aromatic heterocycles. The van der Waals surface area contributed by atoms with Crippen LogP contribution in [0, 0.1) is 0 Å². The van der Waals surface area contributed by atoms with Gasteiger partial charge in [0.05, 0.1) is 6.04 Å². The summed E-state index contributed by atoms with van der Waals surface area (Å²) in [5.41, 5.74) is 11.4. The summed E-state index contributed by atoms with van der Waals surface area (Å²) in [6.45, 7) is 1.51. The lowest BCUT2D eigenvalue weighted by molar-refractivity contribution is 0.609. The zero-order chi connectivity index (χ0) is 13.1.